The summed E-state index contributed by atoms with van der Waals surface area (Å²) >= 11 is 1.26. The molecule has 17 heteroatoms. The smallest absolute Gasteiger partial charge is 0.363 e. The van der Waals surface area contributed by atoms with Crippen LogP contribution in [0.4, 0.5) is 0 Å². The lowest BCUT2D eigenvalue weighted by molar-refractivity contribution is -0.143. The fourth-order valence-electron chi connectivity index (χ4n) is 4.76. The van der Waals surface area contributed by atoms with Gasteiger partial charge in [-0.15, -0.1) is 11.8 Å². The molecule has 0 saturated carbocycles. The second kappa shape index (κ2) is 14.5. The predicted molar refractivity (Wildman–Crippen MR) is 159 cm³/mol. The Morgan fingerprint density at radius 2 is 1.51 bits per heavy atom. The maximum absolute atomic E-state index is 13.2. The number of phosphoric acid groups is 1. The van der Waals surface area contributed by atoms with Gasteiger partial charge >= 0.3 is 15.4 Å². The first-order valence-corrected chi connectivity index (χ1v) is 18.2. The molecule has 43 heavy (non-hydrogen) atoms. The number of phosphoric ester groups is 1. The van der Waals surface area contributed by atoms with Gasteiger partial charge in [-0.05, 0) is 54.4 Å². The van der Waals surface area contributed by atoms with Crippen LogP contribution >= 0.6 is 27.2 Å². The average Bonchev–Trinajstić information content (AvgIpc) is 3.26. The second-order valence-corrected chi connectivity index (χ2v) is 17.9. The Morgan fingerprint density at radius 1 is 0.953 bits per heavy atom. The van der Waals surface area contributed by atoms with Crippen LogP contribution in [-0.4, -0.2) is 96.6 Å². The van der Waals surface area contributed by atoms with E-state index in [0.29, 0.717) is 0 Å². The number of nitrogens with zero attached hydrogens (tertiary/aromatic N) is 2. The highest BCUT2D eigenvalue weighted by molar-refractivity contribution is 8.02. The van der Waals surface area contributed by atoms with Crippen LogP contribution in [0.1, 0.15) is 87.5 Å². The Kier molecular flexibility index (Phi) is 12.8. The quantitative estimate of drug-likeness (QED) is 0.158. The summed E-state index contributed by atoms with van der Waals surface area (Å²) in [6.45, 7) is 12.7. The molecule has 0 radical (unpaired) electrons. The van der Waals surface area contributed by atoms with Gasteiger partial charge in [0.15, 0.2) is 5.34 Å². The standard InChI is InChI=1S/C26H46N2O12P2S/c1-9-38-42(35,36)40-24(3,4)12-15-37-26(7,8)41(33,34)39-18(2)17-25(5,6)43-19-16-22(31)28(23(19)32)14-13-27-20(29)10-11-21(27)30/h18-19H,9-17H2,1-8H3,(H,33,34)(H,35,36). The van der Waals surface area contributed by atoms with E-state index in [-0.39, 0.29) is 76.1 Å². The second-order valence-electron chi connectivity index (χ2n) is 12.3. The van der Waals surface area contributed by atoms with Crippen LogP contribution in [0.3, 0.4) is 0 Å². The predicted octanol–water partition coefficient (Wildman–Crippen LogP) is 3.83. The van der Waals surface area contributed by atoms with Crippen LogP contribution in [0.5, 0.6) is 0 Å². The molecular formula is C26H46N2O12P2S. The maximum atomic E-state index is 13.2. The third-order valence-electron chi connectivity index (χ3n) is 6.96. The van der Waals surface area contributed by atoms with E-state index in [1.54, 1.807) is 27.7 Å². The zero-order valence-corrected chi connectivity index (χ0v) is 28.8. The van der Waals surface area contributed by atoms with Crippen molar-refractivity contribution in [1.29, 1.82) is 0 Å². The number of ether oxygens (including phenoxy) is 1. The summed E-state index contributed by atoms with van der Waals surface area (Å²) in [5.41, 5.74) is -1.12. The third-order valence-corrected chi connectivity index (χ3v) is 11.9. The monoisotopic (exact) mass is 672 g/mol. The van der Waals surface area contributed by atoms with Crippen molar-refractivity contribution < 1.29 is 56.4 Å². The molecule has 2 saturated heterocycles. The van der Waals surface area contributed by atoms with Crippen LogP contribution in [0.2, 0.25) is 0 Å². The molecule has 2 fully saturated rings. The van der Waals surface area contributed by atoms with E-state index in [0.717, 1.165) is 9.80 Å². The van der Waals surface area contributed by atoms with Crippen LogP contribution in [0.25, 0.3) is 0 Å². The maximum Gasteiger partial charge on any atom is 0.472 e. The fraction of sp³-hybridized carbons (Fsp3) is 0.846. The van der Waals surface area contributed by atoms with Crippen LogP contribution in [0, 0.1) is 0 Å². The highest BCUT2D eigenvalue weighted by atomic mass is 32.2. The van der Waals surface area contributed by atoms with Gasteiger partial charge in [-0.1, -0.05) is 13.8 Å². The molecule has 248 valence electrons. The molecule has 2 aliphatic rings. The normalized spacial score (nSPS) is 22.3. The largest absolute Gasteiger partial charge is 0.472 e. The van der Waals surface area contributed by atoms with E-state index in [1.165, 1.54) is 25.6 Å². The van der Waals surface area contributed by atoms with Gasteiger partial charge in [0.1, 0.15) is 0 Å². The summed E-state index contributed by atoms with van der Waals surface area (Å²) in [5, 5.41) is -2.30. The molecule has 2 aliphatic heterocycles. The van der Waals surface area contributed by atoms with Crippen molar-refractivity contribution in [1.82, 2.24) is 9.80 Å². The molecular weight excluding hydrogens is 626 g/mol. The van der Waals surface area contributed by atoms with Crippen molar-refractivity contribution in [2.75, 3.05) is 26.3 Å². The van der Waals surface area contributed by atoms with E-state index >= 15 is 0 Å². The average molecular weight is 673 g/mol. The summed E-state index contributed by atoms with van der Waals surface area (Å²) in [7, 11) is -8.62. The van der Waals surface area contributed by atoms with Crippen LogP contribution in [0.15, 0.2) is 0 Å². The molecule has 4 amide bonds. The minimum absolute atomic E-state index is 0.00927. The van der Waals surface area contributed by atoms with E-state index < -0.39 is 48.4 Å². The Bertz CT molecular complexity index is 1140. The number of rotatable bonds is 18. The van der Waals surface area contributed by atoms with E-state index in [9.17, 15) is 38.1 Å². The van der Waals surface area contributed by atoms with E-state index in [2.05, 4.69) is 0 Å². The molecule has 14 nitrogen and oxygen atoms in total. The molecule has 0 spiro atoms. The Labute approximate surface area is 257 Å². The van der Waals surface area contributed by atoms with Gasteiger partial charge < -0.3 is 19.0 Å². The third kappa shape index (κ3) is 11.0. The first-order valence-electron chi connectivity index (χ1n) is 14.2. The van der Waals surface area contributed by atoms with Crippen molar-refractivity contribution in [3.63, 3.8) is 0 Å². The summed E-state index contributed by atoms with van der Waals surface area (Å²) in [6.07, 6.45) is -0.119. The zero-order valence-electron chi connectivity index (χ0n) is 26.2. The number of hydrogen-bond acceptors (Lipinski definition) is 11. The molecule has 0 aromatic rings. The van der Waals surface area contributed by atoms with Crippen molar-refractivity contribution >= 4 is 50.8 Å². The van der Waals surface area contributed by atoms with Crippen molar-refractivity contribution in [3.8, 4) is 0 Å². The molecule has 2 N–H and O–H groups in total. The Balaban J connectivity index is 1.90. The lowest BCUT2D eigenvalue weighted by Gasteiger charge is -2.35. The number of carbonyl (C=O) groups excluding carboxylic acids is 4. The van der Waals surface area contributed by atoms with Gasteiger partial charge in [-0.2, -0.15) is 0 Å². The summed E-state index contributed by atoms with van der Waals surface area (Å²) < 4.78 is 45.7. The number of hydrogen-bond donors (Lipinski definition) is 2. The molecule has 4 atom stereocenters. The minimum Gasteiger partial charge on any atom is -0.363 e. The molecule has 0 bridgehead atoms. The SMILES string of the molecule is CCOP(=O)(O)OC(C)(C)CCOC(C)(C)P(=O)(O)OC(C)CC(C)(C)SC1CC(=O)N(CCN2C(=O)CCC2=O)C1=O. The van der Waals surface area contributed by atoms with E-state index in [1.807, 2.05) is 13.8 Å². The summed E-state index contributed by atoms with van der Waals surface area (Å²) in [6, 6.07) is 0. The number of carbonyl (C=O) groups is 4. The number of likely N-dealkylation sites (tertiary alicyclic amines) is 2. The van der Waals surface area contributed by atoms with Gasteiger partial charge in [-0.25, -0.2) is 4.57 Å². The lowest BCUT2D eigenvalue weighted by atomic mass is 10.1. The topological polar surface area (TPSA) is 186 Å². The van der Waals surface area contributed by atoms with Gasteiger partial charge in [0.25, 0.3) is 0 Å². The van der Waals surface area contributed by atoms with Crippen LogP contribution < -0.4 is 0 Å². The van der Waals surface area contributed by atoms with Crippen molar-refractivity contribution in [2.24, 2.45) is 0 Å². The molecule has 0 aliphatic carbocycles. The minimum atomic E-state index is -4.36. The highest BCUT2D eigenvalue weighted by Crippen LogP contribution is 2.57. The molecule has 2 heterocycles. The Hall–Kier alpha value is -1.15. The molecule has 0 aromatic heterocycles. The van der Waals surface area contributed by atoms with Gasteiger partial charge in [0, 0.05) is 37.1 Å². The zero-order chi connectivity index (χ0) is 33.0. The van der Waals surface area contributed by atoms with Crippen molar-refractivity contribution in [2.45, 2.75) is 115 Å². The molecule has 0 aromatic carbocycles. The molecule has 2 rings (SSSR count). The first kappa shape index (κ1) is 38.0. The molecule has 4 unspecified atom stereocenters. The summed E-state index contributed by atoms with van der Waals surface area (Å²) in [5.74, 6) is -1.40. The van der Waals surface area contributed by atoms with Crippen LogP contribution in [-0.2, 0) is 46.6 Å². The number of thioether (sulfide) groups is 1. The highest BCUT2D eigenvalue weighted by Gasteiger charge is 2.46. The first-order chi connectivity index (χ1) is 19.5. The van der Waals surface area contributed by atoms with Gasteiger partial charge in [0.2, 0.25) is 23.6 Å². The lowest BCUT2D eigenvalue weighted by Crippen LogP contribution is -2.41. The van der Waals surface area contributed by atoms with Gasteiger partial charge in [-0.3, -0.25) is 42.6 Å². The summed E-state index contributed by atoms with van der Waals surface area (Å²) in [4.78, 5) is 72.0. The van der Waals surface area contributed by atoms with Gasteiger partial charge in [0.05, 0.1) is 30.2 Å². The fourth-order valence-corrected chi connectivity index (χ4v) is 8.48. The number of imide groups is 2. The van der Waals surface area contributed by atoms with Crippen molar-refractivity contribution in [3.05, 3.63) is 0 Å². The van der Waals surface area contributed by atoms with E-state index in [4.69, 9.17) is 18.3 Å². The number of amides is 4. The Morgan fingerprint density at radius 3 is 2.07 bits per heavy atom.